The fourth-order valence-electron chi connectivity index (χ4n) is 0.568. The highest BCUT2D eigenvalue weighted by molar-refractivity contribution is 7.99. The summed E-state index contributed by atoms with van der Waals surface area (Å²) in [5, 5.41) is 8.37. The number of carbonyl (C=O) groups is 1. The minimum absolute atomic E-state index is 0.101. The molecule has 0 aliphatic heterocycles. The van der Waals surface area contributed by atoms with Crippen molar-refractivity contribution in [2.75, 3.05) is 25.2 Å². The van der Waals surface area contributed by atoms with E-state index in [1.54, 1.807) is 29.8 Å². The van der Waals surface area contributed by atoms with E-state index in [0.29, 0.717) is 0 Å². The minimum atomic E-state index is -0.785. The molecule has 0 heterocycles. The van der Waals surface area contributed by atoms with Crippen LogP contribution in [0.1, 0.15) is 0 Å². The van der Waals surface area contributed by atoms with Crippen LogP contribution in [0.15, 0.2) is 12.7 Å². The zero-order valence-corrected chi connectivity index (χ0v) is 7.43. The molecule has 0 aliphatic carbocycles. The number of likely N-dealkylation sites (N-methyl/N-ethyl adjacent to an activating group) is 1. The van der Waals surface area contributed by atoms with Crippen molar-refractivity contribution < 1.29 is 9.90 Å². The second-order valence-electron chi connectivity index (χ2n) is 2.20. The highest BCUT2D eigenvalue weighted by Gasteiger charge is 2.02. The lowest BCUT2D eigenvalue weighted by molar-refractivity contribution is -0.137. The molecule has 0 spiro atoms. The summed E-state index contributed by atoms with van der Waals surface area (Å²) >= 11 is 1.65. The van der Waals surface area contributed by atoms with Gasteiger partial charge in [0.05, 0.1) is 6.54 Å². The number of carboxylic acids is 1. The quantitative estimate of drug-likeness (QED) is 0.369. The summed E-state index contributed by atoms with van der Waals surface area (Å²) in [5.74, 6) is 0.814. The number of hydrogen-bond acceptors (Lipinski definition) is 3. The third kappa shape index (κ3) is 7.42. The van der Waals surface area contributed by atoms with Crippen LogP contribution < -0.4 is 0 Å². The summed E-state index contributed by atoms with van der Waals surface area (Å²) in [7, 11) is 1.78. The van der Waals surface area contributed by atoms with E-state index in [4.69, 9.17) is 5.11 Å². The molecule has 1 N–H and O–H groups in total. The van der Waals surface area contributed by atoms with Crippen LogP contribution >= 0.6 is 11.8 Å². The Kier molecular flexibility index (Phi) is 5.97. The fourth-order valence-corrected chi connectivity index (χ4v) is 1.24. The molecule has 11 heavy (non-hydrogen) atoms. The lowest BCUT2D eigenvalue weighted by Gasteiger charge is -2.11. The Morgan fingerprint density at radius 1 is 1.82 bits per heavy atom. The SMILES string of the molecule is C=CCSCN(C)CC(=O)O. The first kappa shape index (κ1) is 10.5. The zero-order valence-electron chi connectivity index (χ0n) is 6.62. The molecular formula is C7H13NO2S. The average Bonchev–Trinajstić information content (AvgIpc) is 1.86. The molecule has 0 saturated carbocycles. The molecule has 0 aliphatic rings. The summed E-state index contributed by atoms with van der Waals surface area (Å²) in [6.07, 6.45) is 1.80. The number of thioether (sulfide) groups is 1. The van der Waals surface area contributed by atoms with E-state index in [1.807, 2.05) is 0 Å². The largest absolute Gasteiger partial charge is 0.480 e. The molecule has 0 bridgehead atoms. The number of carboxylic acid groups (broad SMARTS) is 1. The number of nitrogens with zero attached hydrogens (tertiary/aromatic N) is 1. The number of hydrogen-bond donors (Lipinski definition) is 1. The van der Waals surface area contributed by atoms with E-state index in [1.165, 1.54) is 0 Å². The third-order valence-electron chi connectivity index (χ3n) is 0.953. The summed E-state index contributed by atoms with van der Waals surface area (Å²) in [6, 6.07) is 0. The van der Waals surface area contributed by atoms with Crippen molar-refractivity contribution in [1.29, 1.82) is 0 Å². The summed E-state index contributed by atoms with van der Waals surface area (Å²) in [5.41, 5.74) is 0. The topological polar surface area (TPSA) is 40.5 Å². The molecule has 0 aromatic rings. The first-order valence-corrected chi connectivity index (χ1v) is 4.41. The molecular weight excluding hydrogens is 162 g/mol. The molecule has 0 atom stereocenters. The molecule has 64 valence electrons. The first-order chi connectivity index (χ1) is 5.16. The van der Waals surface area contributed by atoms with Gasteiger partial charge in [-0.25, -0.2) is 0 Å². The highest BCUT2D eigenvalue weighted by Crippen LogP contribution is 2.01. The maximum atomic E-state index is 10.2. The normalized spacial score (nSPS) is 10.0. The minimum Gasteiger partial charge on any atom is -0.480 e. The first-order valence-electron chi connectivity index (χ1n) is 3.25. The predicted octanol–water partition coefficient (Wildman–Crippen LogP) is 0.879. The molecule has 0 unspecified atom stereocenters. The van der Waals surface area contributed by atoms with E-state index in [-0.39, 0.29) is 6.54 Å². The average molecular weight is 175 g/mol. The van der Waals surface area contributed by atoms with E-state index in [9.17, 15) is 4.79 Å². The van der Waals surface area contributed by atoms with E-state index in [0.717, 1.165) is 11.6 Å². The zero-order chi connectivity index (χ0) is 8.69. The van der Waals surface area contributed by atoms with Gasteiger partial charge in [-0.3, -0.25) is 9.69 Å². The van der Waals surface area contributed by atoms with Gasteiger partial charge in [0, 0.05) is 11.6 Å². The van der Waals surface area contributed by atoms with Crippen molar-refractivity contribution in [2.24, 2.45) is 0 Å². The Labute approximate surface area is 71.1 Å². The summed E-state index contributed by atoms with van der Waals surface area (Å²) in [6.45, 7) is 3.66. The lowest BCUT2D eigenvalue weighted by Crippen LogP contribution is -2.25. The Bertz CT molecular complexity index is 138. The molecule has 0 aromatic carbocycles. The number of aliphatic carboxylic acids is 1. The number of rotatable bonds is 6. The van der Waals surface area contributed by atoms with Gasteiger partial charge in [0.15, 0.2) is 0 Å². The van der Waals surface area contributed by atoms with Gasteiger partial charge in [-0.05, 0) is 7.05 Å². The lowest BCUT2D eigenvalue weighted by atomic mass is 10.6. The van der Waals surface area contributed by atoms with Crippen molar-refractivity contribution >= 4 is 17.7 Å². The Hall–Kier alpha value is -0.480. The van der Waals surface area contributed by atoms with E-state index < -0.39 is 5.97 Å². The second kappa shape index (κ2) is 6.24. The molecule has 0 rings (SSSR count). The van der Waals surface area contributed by atoms with Gasteiger partial charge in [0.25, 0.3) is 0 Å². The molecule has 0 amide bonds. The van der Waals surface area contributed by atoms with Crippen molar-refractivity contribution in [1.82, 2.24) is 4.90 Å². The molecule has 3 nitrogen and oxygen atoms in total. The van der Waals surface area contributed by atoms with E-state index in [2.05, 4.69) is 6.58 Å². The van der Waals surface area contributed by atoms with Crippen LogP contribution in [0.5, 0.6) is 0 Å². The molecule has 0 fully saturated rings. The Balaban J connectivity index is 3.28. The fraction of sp³-hybridized carbons (Fsp3) is 0.571. The standard InChI is InChI=1S/C7H13NO2S/c1-3-4-11-6-8(2)5-7(9)10/h3H,1,4-6H2,2H3,(H,9,10). The van der Waals surface area contributed by atoms with Gasteiger partial charge in [-0.1, -0.05) is 6.08 Å². The smallest absolute Gasteiger partial charge is 0.317 e. The van der Waals surface area contributed by atoms with Crippen LogP contribution in [-0.2, 0) is 4.79 Å². The second-order valence-corrected chi connectivity index (χ2v) is 3.20. The van der Waals surface area contributed by atoms with Crippen LogP contribution in [0.4, 0.5) is 0 Å². The predicted molar refractivity (Wildman–Crippen MR) is 47.8 cm³/mol. The van der Waals surface area contributed by atoms with Crippen molar-refractivity contribution in [3.05, 3.63) is 12.7 Å². The van der Waals surface area contributed by atoms with Crippen LogP contribution in [0, 0.1) is 0 Å². The maximum Gasteiger partial charge on any atom is 0.317 e. The highest BCUT2D eigenvalue weighted by atomic mass is 32.2. The maximum absolute atomic E-state index is 10.2. The summed E-state index contributed by atoms with van der Waals surface area (Å²) in [4.78, 5) is 11.9. The van der Waals surface area contributed by atoms with Gasteiger partial charge in [-0.15, -0.1) is 18.3 Å². The monoisotopic (exact) mass is 175 g/mol. The van der Waals surface area contributed by atoms with Crippen LogP contribution in [0.25, 0.3) is 0 Å². The van der Waals surface area contributed by atoms with Crippen LogP contribution in [-0.4, -0.2) is 41.2 Å². The van der Waals surface area contributed by atoms with Gasteiger partial charge in [-0.2, -0.15) is 0 Å². The molecule has 0 aromatic heterocycles. The van der Waals surface area contributed by atoms with Crippen LogP contribution in [0.3, 0.4) is 0 Å². The third-order valence-corrected chi connectivity index (χ3v) is 2.05. The Morgan fingerprint density at radius 2 is 2.45 bits per heavy atom. The van der Waals surface area contributed by atoms with Gasteiger partial charge < -0.3 is 5.11 Å². The Morgan fingerprint density at radius 3 is 2.91 bits per heavy atom. The van der Waals surface area contributed by atoms with Gasteiger partial charge in [0.2, 0.25) is 0 Å². The molecule has 0 saturated heterocycles. The summed E-state index contributed by atoms with van der Waals surface area (Å²) < 4.78 is 0. The van der Waals surface area contributed by atoms with Gasteiger partial charge in [0.1, 0.15) is 0 Å². The van der Waals surface area contributed by atoms with Crippen molar-refractivity contribution in [3.63, 3.8) is 0 Å². The van der Waals surface area contributed by atoms with Crippen LogP contribution in [0.2, 0.25) is 0 Å². The van der Waals surface area contributed by atoms with Gasteiger partial charge >= 0.3 is 5.97 Å². The molecule has 4 heteroatoms. The van der Waals surface area contributed by atoms with Crippen molar-refractivity contribution in [2.45, 2.75) is 0 Å². The molecule has 0 radical (unpaired) electrons. The van der Waals surface area contributed by atoms with Crippen molar-refractivity contribution in [3.8, 4) is 0 Å². The van der Waals surface area contributed by atoms with E-state index >= 15 is 0 Å².